The number of nitrogens with zero attached hydrogens (tertiary/aromatic N) is 2. The summed E-state index contributed by atoms with van der Waals surface area (Å²) in [5, 5.41) is 2.74. The predicted molar refractivity (Wildman–Crippen MR) is 116 cm³/mol. The molecule has 2 heterocycles. The second-order valence-electron chi connectivity index (χ2n) is 8.13. The summed E-state index contributed by atoms with van der Waals surface area (Å²) in [5.74, 6) is 0. The lowest BCUT2D eigenvalue weighted by molar-refractivity contribution is -0.683. The molecule has 0 bridgehead atoms. The van der Waals surface area contributed by atoms with Gasteiger partial charge in [-0.2, -0.15) is 9.13 Å². The number of aryl methyl sites for hydroxylation is 6. The second kappa shape index (κ2) is 7.71. The smallest absolute Gasteiger partial charge is 0.198 e. The zero-order valence-corrected chi connectivity index (χ0v) is 17.5. The minimum Gasteiger partial charge on any atom is -0.198 e. The van der Waals surface area contributed by atoms with Crippen LogP contribution in [0.5, 0.6) is 0 Å². The van der Waals surface area contributed by atoms with Gasteiger partial charge in [0.05, 0.1) is 0 Å². The van der Waals surface area contributed by atoms with E-state index in [9.17, 15) is 0 Å². The van der Waals surface area contributed by atoms with Gasteiger partial charge in [0.15, 0.2) is 12.4 Å². The average molecular weight is 371 g/mol. The lowest BCUT2D eigenvalue weighted by atomic mass is 10.1. The summed E-state index contributed by atoms with van der Waals surface area (Å²) in [6.45, 7) is 10.9. The fourth-order valence-electron chi connectivity index (χ4n) is 4.13. The highest BCUT2D eigenvalue weighted by Crippen LogP contribution is 2.18. The van der Waals surface area contributed by atoms with E-state index in [1.807, 2.05) is 0 Å². The van der Waals surface area contributed by atoms with E-state index >= 15 is 0 Å². The molecule has 0 spiro atoms. The van der Waals surface area contributed by atoms with Crippen LogP contribution in [0.2, 0.25) is 0 Å². The van der Waals surface area contributed by atoms with E-state index in [2.05, 4.69) is 97.8 Å². The van der Waals surface area contributed by atoms with E-state index in [1.165, 1.54) is 56.9 Å². The van der Waals surface area contributed by atoms with Gasteiger partial charge in [-0.1, -0.05) is 23.3 Å². The Bertz CT molecular complexity index is 1060. The summed E-state index contributed by atoms with van der Waals surface area (Å²) in [5.41, 5.74) is 8.04. The first kappa shape index (κ1) is 18.6. The summed E-state index contributed by atoms with van der Waals surface area (Å²) < 4.78 is 4.81. The van der Waals surface area contributed by atoms with Crippen molar-refractivity contribution in [2.24, 2.45) is 0 Å². The lowest BCUT2D eigenvalue weighted by Gasteiger charge is -2.06. The second-order valence-corrected chi connectivity index (χ2v) is 8.13. The zero-order chi connectivity index (χ0) is 19.7. The summed E-state index contributed by atoms with van der Waals surface area (Å²) in [6, 6.07) is 18.1. The molecule has 0 atom stereocenters. The number of rotatable bonds is 5. The Morgan fingerprint density at radius 3 is 1.43 bits per heavy atom. The molecule has 28 heavy (non-hydrogen) atoms. The van der Waals surface area contributed by atoms with Crippen LogP contribution in [0.3, 0.4) is 0 Å². The highest BCUT2D eigenvalue weighted by Gasteiger charge is 2.13. The molecule has 0 aliphatic rings. The maximum absolute atomic E-state index is 2.41. The van der Waals surface area contributed by atoms with Gasteiger partial charge >= 0.3 is 0 Å². The maximum Gasteiger partial charge on any atom is 0.212 e. The first-order valence-corrected chi connectivity index (χ1v) is 10.3. The Labute approximate surface area is 168 Å². The lowest BCUT2D eigenvalue weighted by Crippen LogP contribution is -2.37. The summed E-state index contributed by atoms with van der Waals surface area (Å²) >= 11 is 0. The Kier molecular flexibility index (Phi) is 5.13. The van der Waals surface area contributed by atoms with Crippen LogP contribution < -0.4 is 9.13 Å². The number of aromatic nitrogens is 2. The molecule has 2 aromatic heterocycles. The first-order chi connectivity index (χ1) is 13.5. The van der Waals surface area contributed by atoms with Crippen LogP contribution in [0.4, 0.5) is 0 Å². The molecule has 0 radical (unpaired) electrons. The van der Waals surface area contributed by atoms with Crippen molar-refractivity contribution in [3.05, 3.63) is 83.2 Å². The Hall–Kier alpha value is -2.74. The van der Waals surface area contributed by atoms with Gasteiger partial charge in [0.2, 0.25) is 11.0 Å². The standard InChI is InChI=1S/C26H30N2/c1-19-7-9-25-23(17-19)21(3)11-15-27(25)13-5-6-14-28-16-12-22(4)24-18-20(2)8-10-26(24)28/h7-12,15-18H,5-6,13-14H2,1-4H3/q+2. The van der Waals surface area contributed by atoms with Crippen LogP contribution in [0, 0.1) is 27.7 Å². The van der Waals surface area contributed by atoms with Gasteiger partial charge in [-0.3, -0.25) is 0 Å². The predicted octanol–water partition coefficient (Wildman–Crippen LogP) is 5.28. The van der Waals surface area contributed by atoms with E-state index in [-0.39, 0.29) is 0 Å². The van der Waals surface area contributed by atoms with Crippen LogP contribution in [-0.4, -0.2) is 0 Å². The van der Waals surface area contributed by atoms with Crippen molar-refractivity contribution < 1.29 is 9.13 Å². The SMILES string of the molecule is Cc1ccc2c(c1)c(C)cc[n+]2CCCC[n+]1ccc(C)c2cc(C)ccc21. The number of hydrogen-bond acceptors (Lipinski definition) is 0. The quantitative estimate of drug-likeness (QED) is 0.333. The Morgan fingerprint density at radius 1 is 0.571 bits per heavy atom. The van der Waals surface area contributed by atoms with Crippen molar-refractivity contribution in [1.29, 1.82) is 0 Å². The highest BCUT2D eigenvalue weighted by molar-refractivity contribution is 5.80. The molecule has 2 heteroatoms. The van der Waals surface area contributed by atoms with Crippen LogP contribution in [0.15, 0.2) is 60.9 Å². The van der Waals surface area contributed by atoms with Gasteiger partial charge < -0.3 is 0 Å². The fraction of sp³-hybridized carbons (Fsp3) is 0.308. The molecule has 0 aliphatic carbocycles. The van der Waals surface area contributed by atoms with Gasteiger partial charge in [0, 0.05) is 47.9 Å². The molecule has 0 N–H and O–H groups in total. The molecule has 0 saturated heterocycles. The van der Waals surface area contributed by atoms with Crippen molar-refractivity contribution in [1.82, 2.24) is 0 Å². The van der Waals surface area contributed by atoms with Crippen LogP contribution in [-0.2, 0) is 13.1 Å². The van der Waals surface area contributed by atoms with E-state index < -0.39 is 0 Å². The molecule has 0 aliphatic heterocycles. The van der Waals surface area contributed by atoms with Gasteiger partial charge in [0.25, 0.3) is 0 Å². The van der Waals surface area contributed by atoms with E-state index in [4.69, 9.17) is 0 Å². The fourth-order valence-corrected chi connectivity index (χ4v) is 4.13. The molecular weight excluding hydrogens is 340 g/mol. The van der Waals surface area contributed by atoms with Crippen molar-refractivity contribution >= 4 is 21.8 Å². The minimum absolute atomic E-state index is 1.06. The average Bonchev–Trinajstić information content (AvgIpc) is 2.69. The molecule has 0 amide bonds. The Morgan fingerprint density at radius 2 is 1.00 bits per heavy atom. The van der Waals surface area contributed by atoms with Crippen LogP contribution in [0.25, 0.3) is 21.8 Å². The van der Waals surface area contributed by atoms with Crippen molar-refractivity contribution in [2.45, 2.75) is 53.6 Å². The Balaban J connectivity index is 1.49. The topological polar surface area (TPSA) is 7.76 Å². The maximum atomic E-state index is 2.41. The third-order valence-electron chi connectivity index (χ3n) is 5.83. The summed E-state index contributed by atoms with van der Waals surface area (Å²) in [6.07, 6.45) is 6.82. The molecule has 2 aromatic carbocycles. The third-order valence-corrected chi connectivity index (χ3v) is 5.83. The van der Waals surface area contributed by atoms with Gasteiger partial charge in [-0.25, -0.2) is 0 Å². The van der Waals surface area contributed by atoms with Gasteiger partial charge in [-0.05, 0) is 51.0 Å². The molecule has 4 aromatic rings. The normalized spacial score (nSPS) is 11.4. The molecule has 0 unspecified atom stereocenters. The molecule has 4 rings (SSSR count). The van der Waals surface area contributed by atoms with Crippen molar-refractivity contribution in [3.8, 4) is 0 Å². The van der Waals surface area contributed by atoms with Gasteiger partial charge in [-0.15, -0.1) is 0 Å². The van der Waals surface area contributed by atoms with Crippen molar-refractivity contribution in [2.75, 3.05) is 0 Å². The van der Waals surface area contributed by atoms with Crippen LogP contribution in [0.1, 0.15) is 35.1 Å². The summed E-state index contributed by atoms with van der Waals surface area (Å²) in [4.78, 5) is 0. The number of hydrogen-bond donors (Lipinski definition) is 0. The van der Waals surface area contributed by atoms with Crippen LogP contribution >= 0.6 is 0 Å². The van der Waals surface area contributed by atoms with E-state index in [0.717, 1.165) is 13.1 Å². The molecular formula is C26H30N2+2. The zero-order valence-electron chi connectivity index (χ0n) is 17.5. The molecule has 142 valence electrons. The number of pyridine rings is 2. The molecule has 2 nitrogen and oxygen atoms in total. The number of benzene rings is 2. The number of fused-ring (bicyclic) bond motifs is 2. The highest BCUT2D eigenvalue weighted by atomic mass is 15.0. The largest absolute Gasteiger partial charge is 0.212 e. The molecule has 0 saturated carbocycles. The van der Waals surface area contributed by atoms with Crippen molar-refractivity contribution in [3.63, 3.8) is 0 Å². The van der Waals surface area contributed by atoms with Gasteiger partial charge in [0.1, 0.15) is 13.1 Å². The molecule has 0 fully saturated rings. The third kappa shape index (κ3) is 3.64. The summed E-state index contributed by atoms with van der Waals surface area (Å²) in [7, 11) is 0. The minimum atomic E-state index is 1.06. The van der Waals surface area contributed by atoms with E-state index in [0.29, 0.717) is 0 Å². The van der Waals surface area contributed by atoms with E-state index in [1.54, 1.807) is 0 Å². The number of unbranched alkanes of at least 4 members (excludes halogenated alkanes) is 1. The first-order valence-electron chi connectivity index (χ1n) is 10.3. The monoisotopic (exact) mass is 370 g/mol.